The number of carbonyl (C=O) groups is 2. The number of carbonyl (C=O) groups excluding carboxylic acids is 2. The molecule has 0 unspecified atom stereocenters. The second-order valence-corrected chi connectivity index (χ2v) is 8.15. The molecule has 1 aliphatic carbocycles. The molecule has 1 aliphatic rings. The van der Waals surface area contributed by atoms with Gasteiger partial charge in [0, 0.05) is 30.8 Å². The Bertz CT molecular complexity index is 594. The van der Waals surface area contributed by atoms with Crippen molar-refractivity contribution < 1.29 is 32.6 Å². The van der Waals surface area contributed by atoms with Crippen LogP contribution < -0.4 is 10.6 Å². The van der Waals surface area contributed by atoms with Gasteiger partial charge in [0.2, 0.25) is 0 Å². The van der Waals surface area contributed by atoms with Crippen LogP contribution in [0, 0.1) is 17.8 Å². The minimum Gasteiger partial charge on any atom is -0.444 e. The first-order valence-corrected chi connectivity index (χ1v) is 9.69. The molecule has 11 heteroatoms. The zero-order chi connectivity index (χ0) is 21.7. The highest BCUT2D eigenvalue weighted by molar-refractivity contribution is 6.19. The van der Waals surface area contributed by atoms with E-state index in [0.717, 1.165) is 0 Å². The average molecular weight is 449 g/mol. The number of amides is 2. The number of ether oxygens (including phenoxy) is 1. The molecule has 0 aliphatic heterocycles. The van der Waals surface area contributed by atoms with E-state index >= 15 is 0 Å². The van der Waals surface area contributed by atoms with Crippen LogP contribution in [0.1, 0.15) is 20.8 Å². The number of rotatable bonds is 7. The van der Waals surface area contributed by atoms with Gasteiger partial charge < -0.3 is 20.5 Å². The van der Waals surface area contributed by atoms with Crippen molar-refractivity contribution in [1.82, 2.24) is 10.6 Å². The van der Waals surface area contributed by atoms with Crippen molar-refractivity contribution in [3.8, 4) is 0 Å². The first kappa shape index (κ1) is 24.8. The Labute approximate surface area is 171 Å². The molecule has 6 nitrogen and oxygen atoms in total. The van der Waals surface area contributed by atoms with E-state index in [1.54, 1.807) is 32.2 Å². The Balaban J connectivity index is 2.84. The molecule has 0 fully saturated rings. The summed E-state index contributed by atoms with van der Waals surface area (Å²) in [6, 6.07) is 0. The van der Waals surface area contributed by atoms with Crippen LogP contribution in [-0.4, -0.2) is 59.8 Å². The third-order valence-corrected chi connectivity index (χ3v) is 4.92. The standard InChI is InChI=1S/C17H25Cl2F3N2O4/c1-16(2,3)28-15(27)24-7-10-4-9(5-18)11(6-19)13(10)12(25)8-23-14(26)17(20,21)22/h4,9,11-13,25H,5-8H2,1-3H3,(H,23,26)(H,24,27)/t9-,11-,12+,13-/m1/s1. The zero-order valence-corrected chi connectivity index (χ0v) is 17.3. The molecule has 0 saturated heterocycles. The summed E-state index contributed by atoms with van der Waals surface area (Å²) >= 11 is 11.9. The van der Waals surface area contributed by atoms with Gasteiger partial charge in [-0.1, -0.05) is 6.08 Å². The van der Waals surface area contributed by atoms with Crippen molar-refractivity contribution in [2.75, 3.05) is 24.8 Å². The second-order valence-electron chi connectivity index (χ2n) is 7.53. The normalized spacial score (nSPS) is 23.8. The number of halogens is 5. The smallest absolute Gasteiger partial charge is 0.444 e. The summed E-state index contributed by atoms with van der Waals surface area (Å²) in [6.07, 6.45) is -5.31. The van der Waals surface area contributed by atoms with Crippen molar-refractivity contribution in [2.24, 2.45) is 17.8 Å². The van der Waals surface area contributed by atoms with E-state index in [2.05, 4.69) is 5.32 Å². The van der Waals surface area contributed by atoms with Gasteiger partial charge in [-0.3, -0.25) is 4.79 Å². The summed E-state index contributed by atoms with van der Waals surface area (Å²) in [6.45, 7) is 4.49. The molecule has 0 aromatic rings. The van der Waals surface area contributed by atoms with Crippen LogP contribution in [0.2, 0.25) is 0 Å². The monoisotopic (exact) mass is 448 g/mol. The second kappa shape index (κ2) is 10.0. The summed E-state index contributed by atoms with van der Waals surface area (Å²) in [7, 11) is 0. The van der Waals surface area contributed by atoms with Crippen molar-refractivity contribution in [1.29, 1.82) is 0 Å². The molecular weight excluding hydrogens is 424 g/mol. The number of alkyl halides is 5. The van der Waals surface area contributed by atoms with Gasteiger partial charge in [0.05, 0.1) is 6.10 Å². The summed E-state index contributed by atoms with van der Waals surface area (Å²) < 4.78 is 42.2. The SMILES string of the molecule is CC(C)(C)OC(=O)NCC1=C[C@H](CCl)[C@@H](CCl)[C@@H]1[C@@H](O)CNC(=O)C(F)(F)F. The minimum absolute atomic E-state index is 0.00460. The Morgan fingerprint density at radius 3 is 2.29 bits per heavy atom. The largest absolute Gasteiger partial charge is 0.471 e. The lowest BCUT2D eigenvalue weighted by molar-refractivity contribution is -0.174. The highest BCUT2D eigenvalue weighted by atomic mass is 35.5. The summed E-state index contributed by atoms with van der Waals surface area (Å²) in [5.74, 6) is -3.12. The fourth-order valence-corrected chi connectivity index (χ4v) is 3.78. The van der Waals surface area contributed by atoms with Crippen molar-refractivity contribution in [2.45, 2.75) is 38.7 Å². The molecule has 0 aromatic carbocycles. The Morgan fingerprint density at radius 2 is 1.82 bits per heavy atom. The molecule has 2 amide bonds. The molecule has 162 valence electrons. The van der Waals surface area contributed by atoms with Gasteiger partial charge in [-0.25, -0.2) is 4.79 Å². The molecule has 0 saturated carbocycles. The van der Waals surface area contributed by atoms with E-state index in [4.69, 9.17) is 27.9 Å². The maximum Gasteiger partial charge on any atom is 0.471 e. The molecule has 0 bridgehead atoms. The first-order valence-electron chi connectivity index (χ1n) is 8.62. The van der Waals surface area contributed by atoms with E-state index in [9.17, 15) is 27.9 Å². The molecule has 0 heterocycles. The predicted molar refractivity (Wildman–Crippen MR) is 99.3 cm³/mol. The summed E-state index contributed by atoms with van der Waals surface area (Å²) in [5, 5.41) is 14.6. The molecular formula is C17H25Cl2F3N2O4. The van der Waals surface area contributed by atoms with E-state index in [1.165, 1.54) is 0 Å². The van der Waals surface area contributed by atoms with Crippen LogP contribution >= 0.6 is 23.2 Å². The molecule has 0 spiro atoms. The molecule has 1 rings (SSSR count). The highest BCUT2D eigenvalue weighted by Gasteiger charge is 2.42. The van der Waals surface area contributed by atoms with Crippen LogP contribution in [0.15, 0.2) is 11.6 Å². The maximum atomic E-state index is 12.4. The third kappa shape index (κ3) is 7.33. The van der Waals surface area contributed by atoms with Crippen LogP contribution in [0.3, 0.4) is 0 Å². The molecule has 28 heavy (non-hydrogen) atoms. The number of nitrogens with one attached hydrogen (secondary N) is 2. The van der Waals surface area contributed by atoms with Gasteiger partial charge in [-0.15, -0.1) is 23.2 Å². The zero-order valence-electron chi connectivity index (χ0n) is 15.8. The minimum atomic E-state index is -5.04. The fraction of sp³-hybridized carbons (Fsp3) is 0.765. The molecule has 3 N–H and O–H groups in total. The summed E-state index contributed by atoms with van der Waals surface area (Å²) in [4.78, 5) is 22.9. The van der Waals surface area contributed by atoms with Crippen molar-refractivity contribution in [3.05, 3.63) is 11.6 Å². The Hall–Kier alpha value is -1.19. The van der Waals surface area contributed by atoms with Gasteiger partial charge in [0.15, 0.2) is 0 Å². The lowest BCUT2D eigenvalue weighted by atomic mass is 9.84. The molecule has 4 atom stereocenters. The number of hydrogen-bond donors (Lipinski definition) is 3. The number of alkyl carbamates (subject to hydrolysis) is 1. The van der Waals surface area contributed by atoms with Crippen LogP contribution in [0.4, 0.5) is 18.0 Å². The Morgan fingerprint density at radius 1 is 1.21 bits per heavy atom. The van der Waals surface area contributed by atoms with Gasteiger partial charge in [0.1, 0.15) is 5.60 Å². The first-order chi connectivity index (χ1) is 12.8. The topological polar surface area (TPSA) is 87.7 Å². The van der Waals surface area contributed by atoms with E-state index in [1.807, 2.05) is 0 Å². The van der Waals surface area contributed by atoms with Gasteiger partial charge in [-0.05, 0) is 38.2 Å². The maximum absolute atomic E-state index is 12.4. The lowest BCUT2D eigenvalue weighted by Gasteiger charge is -2.29. The highest BCUT2D eigenvalue weighted by Crippen LogP contribution is 2.40. The van der Waals surface area contributed by atoms with Crippen molar-refractivity contribution in [3.63, 3.8) is 0 Å². The summed E-state index contributed by atoms with van der Waals surface area (Å²) in [5.41, 5.74) is -0.136. The van der Waals surface area contributed by atoms with Crippen LogP contribution in [-0.2, 0) is 9.53 Å². The quantitative estimate of drug-likeness (QED) is 0.412. The van der Waals surface area contributed by atoms with Gasteiger partial charge in [-0.2, -0.15) is 13.2 Å². The number of hydrogen-bond acceptors (Lipinski definition) is 4. The molecule has 0 radical (unpaired) electrons. The fourth-order valence-electron chi connectivity index (χ4n) is 3.04. The lowest BCUT2D eigenvalue weighted by Crippen LogP contribution is -2.45. The van der Waals surface area contributed by atoms with Crippen molar-refractivity contribution >= 4 is 35.2 Å². The molecule has 0 aromatic heterocycles. The third-order valence-electron chi connectivity index (χ3n) is 4.20. The van der Waals surface area contributed by atoms with E-state index in [0.29, 0.717) is 5.57 Å². The number of aliphatic hydroxyl groups is 1. The van der Waals surface area contributed by atoms with Gasteiger partial charge in [0.25, 0.3) is 0 Å². The van der Waals surface area contributed by atoms with Crippen LogP contribution in [0.5, 0.6) is 0 Å². The van der Waals surface area contributed by atoms with E-state index in [-0.39, 0.29) is 30.1 Å². The predicted octanol–water partition coefficient (Wildman–Crippen LogP) is 2.82. The Kier molecular flexibility index (Phi) is 8.90. The number of aliphatic hydroxyl groups excluding tert-OH is 1. The average Bonchev–Trinajstić information content (AvgIpc) is 2.92. The van der Waals surface area contributed by atoms with Crippen LogP contribution in [0.25, 0.3) is 0 Å². The van der Waals surface area contributed by atoms with Gasteiger partial charge >= 0.3 is 18.2 Å². The van der Waals surface area contributed by atoms with E-state index < -0.39 is 42.3 Å². The number of allylic oxidation sites excluding steroid dienone is 1.